The summed E-state index contributed by atoms with van der Waals surface area (Å²) in [4.78, 5) is 25.7. The molecule has 0 aromatic carbocycles. The number of amides is 1. The lowest BCUT2D eigenvalue weighted by Gasteiger charge is -2.33. The maximum Gasteiger partial charge on any atom is 0.328 e. The topological polar surface area (TPSA) is 64.4 Å². The lowest BCUT2D eigenvalue weighted by Crippen LogP contribution is -2.48. The largest absolute Gasteiger partial charge is 0.467 e. The molecule has 98 valence electrons. The highest BCUT2D eigenvalue weighted by Gasteiger charge is 2.34. The van der Waals surface area contributed by atoms with E-state index in [1.807, 2.05) is 0 Å². The number of ether oxygens (including phenoxy) is 1. The van der Waals surface area contributed by atoms with Gasteiger partial charge in [0.25, 0.3) is 5.91 Å². The van der Waals surface area contributed by atoms with Gasteiger partial charge in [0.15, 0.2) is 0 Å². The highest BCUT2D eigenvalue weighted by molar-refractivity contribution is 5.95. The van der Waals surface area contributed by atoms with Gasteiger partial charge in [-0.2, -0.15) is 5.10 Å². The molecule has 1 aromatic heterocycles. The number of hydrogen-bond donors (Lipinski definition) is 0. The van der Waals surface area contributed by atoms with E-state index in [0.29, 0.717) is 18.7 Å². The van der Waals surface area contributed by atoms with E-state index in [1.54, 1.807) is 24.2 Å². The van der Waals surface area contributed by atoms with Crippen LogP contribution < -0.4 is 0 Å². The Labute approximate surface area is 106 Å². The molecular weight excluding hydrogens is 234 g/mol. The first kappa shape index (κ1) is 12.6. The second kappa shape index (κ2) is 5.20. The molecule has 0 bridgehead atoms. The molecule has 2 rings (SSSR count). The van der Waals surface area contributed by atoms with Crippen molar-refractivity contribution < 1.29 is 14.3 Å². The van der Waals surface area contributed by atoms with E-state index in [0.717, 1.165) is 12.8 Å². The average Bonchev–Trinajstić information content (AvgIpc) is 2.83. The highest BCUT2D eigenvalue weighted by Crippen LogP contribution is 2.20. The average molecular weight is 251 g/mol. The monoisotopic (exact) mass is 251 g/mol. The first-order chi connectivity index (χ1) is 8.65. The Morgan fingerprint density at radius 1 is 1.44 bits per heavy atom. The molecule has 0 aliphatic carbocycles. The quantitative estimate of drug-likeness (QED) is 0.721. The van der Waals surface area contributed by atoms with Crippen molar-refractivity contribution in [1.82, 2.24) is 14.7 Å². The number of aromatic nitrogens is 2. The molecule has 0 N–H and O–H groups in total. The maximum atomic E-state index is 12.4. The number of nitrogens with zero attached hydrogens (tertiary/aromatic N) is 3. The van der Waals surface area contributed by atoms with Gasteiger partial charge in [-0.3, -0.25) is 9.48 Å². The van der Waals surface area contributed by atoms with Crippen LogP contribution in [-0.2, 0) is 16.6 Å². The predicted molar refractivity (Wildman–Crippen MR) is 63.9 cm³/mol. The number of carbonyl (C=O) groups is 2. The fourth-order valence-corrected chi connectivity index (χ4v) is 2.29. The standard InChI is InChI=1S/C12H17N3O3/c1-14-9(6-7-13-14)11(16)15-8-4-3-5-10(15)12(17)18-2/h6-7,10H,3-5,8H2,1-2H3. The van der Waals surface area contributed by atoms with Crippen LogP contribution in [0.15, 0.2) is 12.3 Å². The minimum Gasteiger partial charge on any atom is -0.467 e. The first-order valence-electron chi connectivity index (χ1n) is 6.02. The zero-order valence-electron chi connectivity index (χ0n) is 10.6. The number of rotatable bonds is 2. The van der Waals surface area contributed by atoms with Crippen LogP contribution in [-0.4, -0.2) is 46.3 Å². The summed E-state index contributed by atoms with van der Waals surface area (Å²) in [6, 6.07) is 1.19. The van der Waals surface area contributed by atoms with E-state index in [4.69, 9.17) is 4.74 Å². The van der Waals surface area contributed by atoms with Crippen molar-refractivity contribution in [2.45, 2.75) is 25.3 Å². The van der Waals surface area contributed by atoms with Crippen molar-refractivity contribution in [3.05, 3.63) is 18.0 Å². The van der Waals surface area contributed by atoms with Gasteiger partial charge in [0.1, 0.15) is 11.7 Å². The zero-order chi connectivity index (χ0) is 13.1. The van der Waals surface area contributed by atoms with Gasteiger partial charge < -0.3 is 9.64 Å². The van der Waals surface area contributed by atoms with Crippen LogP contribution in [0.1, 0.15) is 29.8 Å². The van der Waals surface area contributed by atoms with Crippen molar-refractivity contribution in [1.29, 1.82) is 0 Å². The van der Waals surface area contributed by atoms with Gasteiger partial charge in [-0.15, -0.1) is 0 Å². The third kappa shape index (κ3) is 2.23. The van der Waals surface area contributed by atoms with Crippen molar-refractivity contribution in [2.24, 2.45) is 7.05 Å². The number of hydrogen-bond acceptors (Lipinski definition) is 4. The number of piperidine rings is 1. The zero-order valence-corrected chi connectivity index (χ0v) is 10.6. The summed E-state index contributed by atoms with van der Waals surface area (Å²) in [5.74, 6) is -0.504. The molecule has 1 fully saturated rings. The summed E-state index contributed by atoms with van der Waals surface area (Å²) in [6.45, 7) is 0.587. The summed E-state index contributed by atoms with van der Waals surface area (Å²) < 4.78 is 6.28. The molecule has 1 saturated heterocycles. The predicted octanol–water partition coefficient (Wildman–Crippen LogP) is 0.588. The van der Waals surface area contributed by atoms with Crippen molar-refractivity contribution in [3.63, 3.8) is 0 Å². The SMILES string of the molecule is COC(=O)C1CCCCN1C(=O)c1ccnn1C. The minimum absolute atomic E-state index is 0.162. The maximum absolute atomic E-state index is 12.4. The molecule has 1 atom stereocenters. The number of carbonyl (C=O) groups excluding carboxylic acids is 2. The molecule has 1 aromatic rings. The second-order valence-electron chi connectivity index (χ2n) is 4.37. The van der Waals surface area contributed by atoms with Crippen LogP contribution in [0.3, 0.4) is 0 Å². The molecule has 18 heavy (non-hydrogen) atoms. The molecule has 1 amide bonds. The summed E-state index contributed by atoms with van der Waals surface area (Å²) >= 11 is 0. The smallest absolute Gasteiger partial charge is 0.328 e. The van der Waals surface area contributed by atoms with E-state index in [-0.39, 0.29) is 11.9 Å². The Kier molecular flexibility index (Phi) is 3.64. The molecule has 0 spiro atoms. The molecule has 1 aliphatic heterocycles. The molecule has 1 aliphatic rings. The molecule has 0 saturated carbocycles. The van der Waals surface area contributed by atoms with E-state index >= 15 is 0 Å². The van der Waals surface area contributed by atoms with Crippen LogP contribution in [0.4, 0.5) is 0 Å². The van der Waals surface area contributed by atoms with Crippen molar-refractivity contribution in [2.75, 3.05) is 13.7 Å². The van der Waals surface area contributed by atoms with E-state index in [2.05, 4.69) is 5.10 Å². The van der Waals surface area contributed by atoms with Gasteiger partial charge in [-0.25, -0.2) is 4.79 Å². The Balaban J connectivity index is 2.21. The molecule has 1 unspecified atom stereocenters. The lowest BCUT2D eigenvalue weighted by atomic mass is 10.0. The van der Waals surface area contributed by atoms with Gasteiger partial charge in [-0.1, -0.05) is 0 Å². The van der Waals surface area contributed by atoms with Crippen LogP contribution in [0.2, 0.25) is 0 Å². The van der Waals surface area contributed by atoms with Crippen LogP contribution >= 0.6 is 0 Å². The first-order valence-corrected chi connectivity index (χ1v) is 6.02. The summed E-state index contributed by atoms with van der Waals surface area (Å²) in [5.41, 5.74) is 0.491. The summed E-state index contributed by atoms with van der Waals surface area (Å²) in [7, 11) is 3.06. The van der Waals surface area contributed by atoms with Crippen LogP contribution in [0, 0.1) is 0 Å². The van der Waals surface area contributed by atoms with Gasteiger partial charge in [0.05, 0.1) is 7.11 Å². The normalized spacial score (nSPS) is 19.7. The lowest BCUT2D eigenvalue weighted by molar-refractivity contribution is -0.147. The van der Waals surface area contributed by atoms with Crippen LogP contribution in [0.5, 0.6) is 0 Å². The van der Waals surface area contributed by atoms with Gasteiger partial charge >= 0.3 is 5.97 Å². The Hall–Kier alpha value is -1.85. The van der Waals surface area contributed by atoms with Gasteiger partial charge in [-0.05, 0) is 25.3 Å². The molecule has 0 radical (unpaired) electrons. The van der Waals surface area contributed by atoms with E-state index in [9.17, 15) is 9.59 Å². The fraction of sp³-hybridized carbons (Fsp3) is 0.583. The fourth-order valence-electron chi connectivity index (χ4n) is 2.29. The molecule has 2 heterocycles. The van der Waals surface area contributed by atoms with E-state index in [1.165, 1.54) is 11.8 Å². The van der Waals surface area contributed by atoms with Crippen LogP contribution in [0.25, 0.3) is 0 Å². The summed E-state index contributed by atoms with van der Waals surface area (Å²) in [5, 5.41) is 3.98. The number of likely N-dealkylation sites (tertiary alicyclic amines) is 1. The van der Waals surface area contributed by atoms with E-state index < -0.39 is 6.04 Å². The van der Waals surface area contributed by atoms with Gasteiger partial charge in [0.2, 0.25) is 0 Å². The Morgan fingerprint density at radius 2 is 2.22 bits per heavy atom. The Morgan fingerprint density at radius 3 is 2.83 bits per heavy atom. The van der Waals surface area contributed by atoms with Crippen molar-refractivity contribution >= 4 is 11.9 Å². The third-order valence-corrected chi connectivity index (χ3v) is 3.28. The number of esters is 1. The third-order valence-electron chi connectivity index (χ3n) is 3.28. The van der Waals surface area contributed by atoms with Crippen molar-refractivity contribution in [3.8, 4) is 0 Å². The number of methoxy groups -OCH3 is 1. The second-order valence-corrected chi connectivity index (χ2v) is 4.37. The highest BCUT2D eigenvalue weighted by atomic mass is 16.5. The Bertz CT molecular complexity index is 455. The number of aryl methyl sites for hydroxylation is 1. The molecule has 6 heteroatoms. The van der Waals surface area contributed by atoms with Gasteiger partial charge in [0, 0.05) is 19.8 Å². The molecular formula is C12H17N3O3. The molecule has 6 nitrogen and oxygen atoms in total. The minimum atomic E-state index is -0.467. The summed E-state index contributed by atoms with van der Waals surface area (Å²) in [6.07, 6.45) is 4.09.